The van der Waals surface area contributed by atoms with E-state index in [0.29, 0.717) is 24.2 Å². The van der Waals surface area contributed by atoms with Crippen molar-refractivity contribution in [2.45, 2.75) is 78.4 Å². The monoisotopic (exact) mass is 453 g/mol. The molecular weight excluding hydrogens is 418 g/mol. The lowest BCUT2D eigenvalue weighted by molar-refractivity contribution is -0.142. The number of dihydropyridines is 1. The van der Waals surface area contributed by atoms with Crippen LogP contribution >= 0.6 is 0 Å². The van der Waals surface area contributed by atoms with Crippen LogP contribution in [0.1, 0.15) is 71.8 Å². The molecule has 6 nitrogen and oxygen atoms in total. The zero-order chi connectivity index (χ0) is 23.8. The van der Waals surface area contributed by atoms with Crippen molar-refractivity contribution < 1.29 is 23.8 Å². The molecule has 2 heterocycles. The summed E-state index contributed by atoms with van der Waals surface area (Å²) in [5, 5.41) is 3.38. The van der Waals surface area contributed by atoms with Gasteiger partial charge in [0.15, 0.2) is 5.78 Å². The number of esters is 1. The largest absolute Gasteiger partial charge is 0.491 e. The molecule has 2 atom stereocenters. The molecule has 6 heteroatoms. The molecule has 4 rings (SSSR count). The van der Waals surface area contributed by atoms with E-state index in [2.05, 4.69) is 19.2 Å². The van der Waals surface area contributed by atoms with Crippen LogP contribution in [0.25, 0.3) is 0 Å². The molecule has 0 bridgehead atoms. The van der Waals surface area contributed by atoms with Gasteiger partial charge in [-0.2, -0.15) is 0 Å². The van der Waals surface area contributed by atoms with E-state index in [1.54, 1.807) is 0 Å². The van der Waals surface area contributed by atoms with Gasteiger partial charge < -0.3 is 19.5 Å². The van der Waals surface area contributed by atoms with Crippen LogP contribution in [0.2, 0.25) is 0 Å². The third-order valence-electron chi connectivity index (χ3n) is 6.47. The fourth-order valence-corrected chi connectivity index (χ4v) is 5.07. The van der Waals surface area contributed by atoms with Gasteiger partial charge in [-0.15, -0.1) is 0 Å². The average molecular weight is 454 g/mol. The molecule has 33 heavy (non-hydrogen) atoms. The number of Topliss-reactive ketones (excluding diaryl/α,β-unsaturated/α-hetero) is 1. The van der Waals surface area contributed by atoms with Crippen LogP contribution in [0.3, 0.4) is 0 Å². The number of ether oxygens (including phenoxy) is 3. The molecule has 0 unspecified atom stereocenters. The maximum Gasteiger partial charge on any atom is 0.336 e. The first-order chi connectivity index (χ1) is 15.6. The summed E-state index contributed by atoms with van der Waals surface area (Å²) in [6, 6.07) is 7.71. The Hall–Kier alpha value is -2.60. The third kappa shape index (κ3) is 5.16. The molecule has 1 aromatic rings. The lowest BCUT2D eigenvalue weighted by Crippen LogP contribution is -2.39. The van der Waals surface area contributed by atoms with Gasteiger partial charge in [-0.3, -0.25) is 4.79 Å². The number of ketones is 1. The van der Waals surface area contributed by atoms with Gasteiger partial charge in [0.2, 0.25) is 0 Å². The molecule has 1 fully saturated rings. The molecule has 0 amide bonds. The van der Waals surface area contributed by atoms with Crippen molar-refractivity contribution in [2.75, 3.05) is 13.2 Å². The second-order valence-corrected chi connectivity index (χ2v) is 10.4. The minimum absolute atomic E-state index is 0.0517. The number of carbonyl (C=O) groups excluding carboxylic acids is 2. The van der Waals surface area contributed by atoms with E-state index >= 15 is 0 Å². The molecule has 1 N–H and O–H groups in total. The second-order valence-electron chi connectivity index (χ2n) is 10.4. The van der Waals surface area contributed by atoms with Crippen molar-refractivity contribution in [3.8, 4) is 5.75 Å². The van der Waals surface area contributed by atoms with Crippen LogP contribution in [0.15, 0.2) is 46.8 Å². The molecule has 1 aliphatic carbocycles. The Morgan fingerprint density at radius 2 is 1.94 bits per heavy atom. The van der Waals surface area contributed by atoms with E-state index in [9.17, 15) is 9.59 Å². The minimum Gasteiger partial charge on any atom is -0.491 e. The average Bonchev–Trinajstić information content (AvgIpc) is 3.24. The molecular formula is C27H35NO5. The summed E-state index contributed by atoms with van der Waals surface area (Å²) in [5.74, 6) is -0.0171. The number of benzene rings is 1. The van der Waals surface area contributed by atoms with Gasteiger partial charge >= 0.3 is 5.97 Å². The van der Waals surface area contributed by atoms with Gasteiger partial charge in [-0.1, -0.05) is 26.0 Å². The highest BCUT2D eigenvalue weighted by Gasteiger charge is 2.43. The molecule has 1 aromatic carbocycles. The van der Waals surface area contributed by atoms with Crippen molar-refractivity contribution in [3.63, 3.8) is 0 Å². The summed E-state index contributed by atoms with van der Waals surface area (Å²) in [6.07, 6.45) is 3.11. The summed E-state index contributed by atoms with van der Waals surface area (Å²) in [6.45, 7) is 11.0. The first kappa shape index (κ1) is 23.6. The lowest BCUT2D eigenvalue weighted by atomic mass is 9.68. The summed E-state index contributed by atoms with van der Waals surface area (Å²) in [4.78, 5) is 26.7. The Labute approximate surface area is 196 Å². The quantitative estimate of drug-likeness (QED) is 0.624. The highest BCUT2D eigenvalue weighted by Crippen LogP contribution is 2.47. The normalized spacial score (nSPS) is 24.6. The fraction of sp³-hybridized carbons (Fsp3) is 0.556. The topological polar surface area (TPSA) is 73.9 Å². The van der Waals surface area contributed by atoms with E-state index in [1.807, 2.05) is 45.0 Å². The molecule has 0 saturated carbocycles. The number of allylic oxidation sites excluding steroid dienone is 3. The summed E-state index contributed by atoms with van der Waals surface area (Å²) < 4.78 is 17.1. The van der Waals surface area contributed by atoms with Crippen LogP contribution < -0.4 is 10.1 Å². The number of hydrogen-bond donors (Lipinski definition) is 1. The maximum atomic E-state index is 13.4. The Morgan fingerprint density at radius 3 is 2.58 bits per heavy atom. The molecule has 1 saturated heterocycles. The van der Waals surface area contributed by atoms with E-state index in [4.69, 9.17) is 14.2 Å². The highest BCUT2D eigenvalue weighted by molar-refractivity contribution is 6.04. The first-order valence-corrected chi connectivity index (χ1v) is 11.9. The van der Waals surface area contributed by atoms with E-state index < -0.39 is 11.9 Å². The molecule has 0 aromatic heterocycles. The van der Waals surface area contributed by atoms with E-state index in [1.165, 1.54) is 0 Å². The van der Waals surface area contributed by atoms with Crippen LogP contribution in [0, 0.1) is 5.41 Å². The van der Waals surface area contributed by atoms with Crippen molar-refractivity contribution >= 4 is 11.8 Å². The van der Waals surface area contributed by atoms with E-state index in [-0.39, 0.29) is 30.0 Å². The predicted octanol–water partition coefficient (Wildman–Crippen LogP) is 4.80. The molecule has 2 aliphatic heterocycles. The zero-order valence-corrected chi connectivity index (χ0v) is 20.3. The fourth-order valence-electron chi connectivity index (χ4n) is 5.07. The predicted molar refractivity (Wildman–Crippen MR) is 126 cm³/mol. The van der Waals surface area contributed by atoms with Crippen LogP contribution in [-0.2, 0) is 19.1 Å². The number of rotatable bonds is 6. The minimum atomic E-state index is -0.463. The number of hydrogen-bond acceptors (Lipinski definition) is 6. The Morgan fingerprint density at radius 1 is 1.21 bits per heavy atom. The van der Waals surface area contributed by atoms with Crippen molar-refractivity contribution in [1.29, 1.82) is 0 Å². The number of nitrogens with one attached hydrogen (secondary N) is 1. The summed E-state index contributed by atoms with van der Waals surface area (Å²) >= 11 is 0. The molecule has 178 valence electrons. The van der Waals surface area contributed by atoms with Gasteiger partial charge in [-0.05, 0) is 63.1 Å². The third-order valence-corrected chi connectivity index (χ3v) is 6.47. The summed E-state index contributed by atoms with van der Waals surface area (Å²) in [5.41, 5.74) is 3.59. The maximum absolute atomic E-state index is 13.4. The standard InChI is InChI=1S/C27H35NO5/c1-16(2)33-19-10-8-18(9-11-19)24-23(26(30)32-15-20-7-6-12-31-20)17(3)28-21-13-27(4,5)14-22(29)25(21)24/h8-11,16,20,24,28H,6-7,12-15H2,1-5H3/t20-,24+/m1/s1. The number of carbonyl (C=O) groups is 2. The van der Waals surface area contributed by atoms with Crippen molar-refractivity contribution in [3.05, 3.63) is 52.4 Å². The van der Waals surface area contributed by atoms with Crippen molar-refractivity contribution in [1.82, 2.24) is 5.32 Å². The van der Waals surface area contributed by atoms with Crippen LogP contribution in [0.4, 0.5) is 0 Å². The van der Waals surface area contributed by atoms with Gasteiger partial charge in [0, 0.05) is 35.9 Å². The van der Waals surface area contributed by atoms with Gasteiger partial charge in [0.25, 0.3) is 0 Å². The SMILES string of the molecule is CC1=C(C(=O)OC[C@H]2CCCO2)[C@H](c2ccc(OC(C)C)cc2)C2=C(CC(C)(C)CC2=O)N1. The van der Waals surface area contributed by atoms with Crippen LogP contribution in [-0.4, -0.2) is 37.2 Å². The van der Waals surface area contributed by atoms with Gasteiger partial charge in [0.1, 0.15) is 12.4 Å². The zero-order valence-electron chi connectivity index (χ0n) is 20.3. The Balaban J connectivity index is 1.69. The molecule has 3 aliphatic rings. The van der Waals surface area contributed by atoms with Gasteiger partial charge in [0.05, 0.1) is 17.8 Å². The molecule has 0 spiro atoms. The Bertz CT molecular complexity index is 980. The highest BCUT2D eigenvalue weighted by atomic mass is 16.6. The first-order valence-electron chi connectivity index (χ1n) is 11.9. The smallest absolute Gasteiger partial charge is 0.336 e. The molecule has 0 radical (unpaired) electrons. The Kier molecular flexibility index (Phi) is 6.66. The van der Waals surface area contributed by atoms with Crippen LogP contribution in [0.5, 0.6) is 5.75 Å². The lowest BCUT2D eigenvalue weighted by Gasteiger charge is -2.39. The van der Waals surface area contributed by atoms with E-state index in [0.717, 1.165) is 42.0 Å². The summed E-state index contributed by atoms with van der Waals surface area (Å²) in [7, 11) is 0. The van der Waals surface area contributed by atoms with Gasteiger partial charge in [-0.25, -0.2) is 4.79 Å². The van der Waals surface area contributed by atoms with Crippen molar-refractivity contribution in [2.24, 2.45) is 5.41 Å². The second kappa shape index (κ2) is 9.34.